The second kappa shape index (κ2) is 7.55. The van der Waals surface area contributed by atoms with Crippen LogP contribution in [0.25, 0.3) is 10.2 Å². The van der Waals surface area contributed by atoms with E-state index in [9.17, 15) is 4.79 Å². The number of nitrogens with zero attached hydrogens (tertiary/aromatic N) is 3. The van der Waals surface area contributed by atoms with E-state index >= 15 is 0 Å². The van der Waals surface area contributed by atoms with E-state index in [1.165, 1.54) is 4.70 Å². The van der Waals surface area contributed by atoms with Crippen LogP contribution in [0.1, 0.15) is 10.6 Å². The molecule has 0 aliphatic carbocycles. The van der Waals surface area contributed by atoms with Gasteiger partial charge in [0.2, 0.25) is 5.91 Å². The fraction of sp³-hybridized carbons (Fsp3) is 0.263. The zero-order chi connectivity index (χ0) is 16.9. The maximum atomic E-state index is 12.4. The number of likely N-dealkylation sites (N-methyl/N-ethyl adjacent to an activating group) is 2. The first kappa shape index (κ1) is 16.6. The van der Waals surface area contributed by atoms with Crippen molar-refractivity contribution < 1.29 is 4.79 Å². The molecule has 0 atom stereocenters. The first-order valence-corrected chi connectivity index (χ1v) is 8.74. The van der Waals surface area contributed by atoms with E-state index in [4.69, 9.17) is 0 Å². The maximum absolute atomic E-state index is 12.4. The Bertz CT molecular complexity index is 783. The Kier molecular flexibility index (Phi) is 5.23. The molecule has 1 aromatic heterocycles. The molecule has 0 saturated carbocycles. The van der Waals surface area contributed by atoms with E-state index in [0.29, 0.717) is 19.6 Å². The standard InChI is InChI=1S/C19H21N3OS/c1-21(13-18-20-16-10-6-7-11-17(16)24-18)14-19(23)22(2)12-15-8-4-3-5-9-15/h3-11H,12-14H2,1-2H3. The van der Waals surface area contributed by atoms with Gasteiger partial charge < -0.3 is 4.90 Å². The van der Waals surface area contributed by atoms with Crippen molar-refractivity contribution in [2.24, 2.45) is 0 Å². The quantitative estimate of drug-likeness (QED) is 0.691. The summed E-state index contributed by atoms with van der Waals surface area (Å²) in [4.78, 5) is 20.8. The van der Waals surface area contributed by atoms with Gasteiger partial charge in [-0.15, -0.1) is 11.3 Å². The molecule has 24 heavy (non-hydrogen) atoms. The topological polar surface area (TPSA) is 36.4 Å². The zero-order valence-electron chi connectivity index (χ0n) is 14.0. The van der Waals surface area contributed by atoms with Gasteiger partial charge in [-0.3, -0.25) is 9.69 Å². The monoisotopic (exact) mass is 339 g/mol. The number of fused-ring (bicyclic) bond motifs is 1. The largest absolute Gasteiger partial charge is 0.340 e. The van der Waals surface area contributed by atoms with Gasteiger partial charge in [-0.25, -0.2) is 4.98 Å². The van der Waals surface area contributed by atoms with Crippen LogP contribution < -0.4 is 0 Å². The molecule has 124 valence electrons. The van der Waals surface area contributed by atoms with Crippen LogP contribution in [-0.2, 0) is 17.9 Å². The second-order valence-electron chi connectivity index (χ2n) is 5.98. The molecule has 0 saturated heterocycles. The fourth-order valence-corrected chi connectivity index (χ4v) is 3.62. The number of carbonyl (C=O) groups excluding carboxylic acids is 1. The van der Waals surface area contributed by atoms with Crippen LogP contribution in [0.5, 0.6) is 0 Å². The van der Waals surface area contributed by atoms with Crippen LogP contribution in [0.2, 0.25) is 0 Å². The second-order valence-corrected chi connectivity index (χ2v) is 7.10. The van der Waals surface area contributed by atoms with E-state index in [2.05, 4.69) is 11.1 Å². The van der Waals surface area contributed by atoms with Gasteiger partial charge in [0.1, 0.15) is 5.01 Å². The minimum atomic E-state index is 0.113. The molecule has 3 rings (SSSR count). The summed E-state index contributed by atoms with van der Waals surface area (Å²) in [5.74, 6) is 0.113. The van der Waals surface area contributed by atoms with Crippen molar-refractivity contribution in [2.45, 2.75) is 13.1 Å². The summed E-state index contributed by atoms with van der Waals surface area (Å²) in [6.45, 7) is 1.71. The van der Waals surface area contributed by atoms with E-state index in [1.54, 1.807) is 16.2 Å². The average molecular weight is 339 g/mol. The van der Waals surface area contributed by atoms with Gasteiger partial charge in [0, 0.05) is 13.6 Å². The molecule has 0 unspecified atom stereocenters. The highest BCUT2D eigenvalue weighted by Crippen LogP contribution is 2.22. The third-order valence-corrected chi connectivity index (χ3v) is 4.86. The lowest BCUT2D eigenvalue weighted by molar-refractivity contribution is -0.131. The molecule has 0 radical (unpaired) electrons. The normalized spacial score (nSPS) is 11.1. The zero-order valence-corrected chi connectivity index (χ0v) is 14.8. The molecular formula is C19H21N3OS. The molecule has 0 aliphatic heterocycles. The SMILES string of the molecule is CN(CC(=O)N(C)Cc1ccccc1)Cc1nc2ccccc2s1. The molecule has 3 aromatic rings. The number of para-hydroxylation sites is 1. The third-order valence-electron chi connectivity index (χ3n) is 3.84. The third kappa shape index (κ3) is 4.19. The number of thiazole rings is 1. The van der Waals surface area contributed by atoms with E-state index in [-0.39, 0.29) is 5.91 Å². The molecule has 4 nitrogen and oxygen atoms in total. The lowest BCUT2D eigenvalue weighted by Crippen LogP contribution is -2.36. The Morgan fingerprint density at radius 3 is 2.46 bits per heavy atom. The Morgan fingerprint density at radius 2 is 1.71 bits per heavy atom. The van der Waals surface area contributed by atoms with Crippen molar-refractivity contribution in [2.75, 3.05) is 20.6 Å². The number of benzene rings is 2. The van der Waals surface area contributed by atoms with Crippen LogP contribution in [0, 0.1) is 0 Å². The van der Waals surface area contributed by atoms with E-state index in [0.717, 1.165) is 16.1 Å². The van der Waals surface area contributed by atoms with E-state index in [1.807, 2.05) is 67.5 Å². The number of aromatic nitrogens is 1. The minimum Gasteiger partial charge on any atom is -0.340 e. The van der Waals surface area contributed by atoms with Gasteiger partial charge in [0.25, 0.3) is 0 Å². The Labute approximate surface area is 146 Å². The van der Waals surface area contributed by atoms with Crippen molar-refractivity contribution in [1.82, 2.24) is 14.8 Å². The molecule has 2 aromatic carbocycles. The average Bonchev–Trinajstić information content (AvgIpc) is 2.97. The summed E-state index contributed by atoms with van der Waals surface area (Å²) >= 11 is 1.69. The van der Waals surface area contributed by atoms with Crippen molar-refractivity contribution in [1.29, 1.82) is 0 Å². The van der Waals surface area contributed by atoms with Gasteiger partial charge in [-0.1, -0.05) is 42.5 Å². The number of carbonyl (C=O) groups is 1. The molecule has 5 heteroatoms. The number of hydrogen-bond acceptors (Lipinski definition) is 4. The molecular weight excluding hydrogens is 318 g/mol. The van der Waals surface area contributed by atoms with Gasteiger partial charge in [0.15, 0.2) is 0 Å². The maximum Gasteiger partial charge on any atom is 0.236 e. The van der Waals surface area contributed by atoms with Crippen molar-refractivity contribution >= 4 is 27.5 Å². The lowest BCUT2D eigenvalue weighted by Gasteiger charge is -2.21. The molecule has 1 heterocycles. The summed E-state index contributed by atoms with van der Waals surface area (Å²) in [6.07, 6.45) is 0. The van der Waals surface area contributed by atoms with Gasteiger partial charge >= 0.3 is 0 Å². The van der Waals surface area contributed by atoms with Crippen LogP contribution in [-0.4, -0.2) is 41.3 Å². The van der Waals surface area contributed by atoms with Crippen LogP contribution in [0.15, 0.2) is 54.6 Å². The lowest BCUT2D eigenvalue weighted by atomic mass is 10.2. The minimum absolute atomic E-state index is 0.113. The molecule has 0 N–H and O–H groups in total. The summed E-state index contributed by atoms with van der Waals surface area (Å²) in [7, 11) is 3.81. The summed E-state index contributed by atoms with van der Waals surface area (Å²) in [5.41, 5.74) is 2.17. The summed E-state index contributed by atoms with van der Waals surface area (Å²) in [5, 5.41) is 1.04. The Hall–Kier alpha value is -2.24. The summed E-state index contributed by atoms with van der Waals surface area (Å²) < 4.78 is 1.19. The highest BCUT2D eigenvalue weighted by molar-refractivity contribution is 7.18. The van der Waals surface area contributed by atoms with Crippen molar-refractivity contribution in [3.63, 3.8) is 0 Å². The van der Waals surface area contributed by atoms with Gasteiger partial charge in [-0.2, -0.15) is 0 Å². The number of hydrogen-bond donors (Lipinski definition) is 0. The van der Waals surface area contributed by atoms with Crippen molar-refractivity contribution in [3.8, 4) is 0 Å². The highest BCUT2D eigenvalue weighted by atomic mass is 32.1. The smallest absolute Gasteiger partial charge is 0.236 e. The highest BCUT2D eigenvalue weighted by Gasteiger charge is 2.14. The molecule has 0 aliphatic rings. The van der Waals surface area contributed by atoms with E-state index < -0.39 is 0 Å². The molecule has 1 amide bonds. The number of amides is 1. The Morgan fingerprint density at radius 1 is 1.00 bits per heavy atom. The summed E-state index contributed by atoms with van der Waals surface area (Å²) in [6, 6.07) is 18.2. The first-order valence-electron chi connectivity index (χ1n) is 7.92. The van der Waals surface area contributed by atoms with Crippen LogP contribution in [0.3, 0.4) is 0 Å². The molecule has 0 fully saturated rings. The Balaban J connectivity index is 1.55. The predicted molar refractivity (Wildman–Crippen MR) is 98.9 cm³/mol. The fourth-order valence-electron chi connectivity index (χ4n) is 2.57. The first-order chi connectivity index (χ1) is 11.6. The number of rotatable bonds is 6. The van der Waals surface area contributed by atoms with Gasteiger partial charge in [-0.05, 0) is 24.7 Å². The van der Waals surface area contributed by atoms with Crippen LogP contribution in [0.4, 0.5) is 0 Å². The van der Waals surface area contributed by atoms with Crippen molar-refractivity contribution in [3.05, 3.63) is 65.2 Å². The van der Waals surface area contributed by atoms with Crippen LogP contribution >= 0.6 is 11.3 Å². The predicted octanol–water partition coefficient (Wildman–Crippen LogP) is 3.39. The molecule has 0 bridgehead atoms. The molecule has 0 spiro atoms. The van der Waals surface area contributed by atoms with Gasteiger partial charge in [0.05, 0.1) is 23.3 Å².